The van der Waals surface area contributed by atoms with Crippen LogP contribution in [-0.2, 0) is 5.41 Å². The van der Waals surface area contributed by atoms with E-state index >= 15 is 0 Å². The van der Waals surface area contributed by atoms with Crippen LogP contribution in [0.25, 0.3) is 0 Å². The highest BCUT2D eigenvalue weighted by Gasteiger charge is 2.26. The second kappa shape index (κ2) is 3.87. The lowest BCUT2D eigenvalue weighted by Gasteiger charge is -2.23. The topological polar surface area (TPSA) is 47.9 Å². The van der Waals surface area contributed by atoms with Crippen molar-refractivity contribution >= 4 is 0 Å². The van der Waals surface area contributed by atoms with Crippen molar-refractivity contribution < 1.29 is 19.3 Å². The number of rotatable bonds is 3. The average molecular weight is 224 g/mol. The normalized spacial score (nSPS) is 14.0. The van der Waals surface area contributed by atoms with Gasteiger partial charge < -0.3 is 19.3 Å². The van der Waals surface area contributed by atoms with Gasteiger partial charge in [-0.25, -0.2) is 0 Å². The van der Waals surface area contributed by atoms with Crippen LogP contribution in [0.15, 0.2) is 12.1 Å². The van der Waals surface area contributed by atoms with E-state index in [4.69, 9.17) is 14.2 Å². The molecule has 4 nitrogen and oxygen atoms in total. The molecule has 1 N–H and O–H groups in total. The van der Waals surface area contributed by atoms with Gasteiger partial charge in [0, 0.05) is 5.41 Å². The summed E-state index contributed by atoms with van der Waals surface area (Å²) in [6.07, 6.45) is 0. The second-order valence-electron chi connectivity index (χ2n) is 4.45. The van der Waals surface area contributed by atoms with Crippen LogP contribution in [0.2, 0.25) is 0 Å². The Hall–Kier alpha value is -1.42. The minimum absolute atomic E-state index is 0.0653. The Labute approximate surface area is 94.8 Å². The molecule has 1 aromatic rings. The number of aliphatic hydroxyl groups excluding tert-OH is 1. The molecule has 0 saturated heterocycles. The summed E-state index contributed by atoms with van der Waals surface area (Å²) in [6.45, 7) is 4.21. The van der Waals surface area contributed by atoms with Crippen molar-refractivity contribution in [2.24, 2.45) is 0 Å². The van der Waals surface area contributed by atoms with E-state index in [0.29, 0.717) is 17.2 Å². The molecule has 0 bridgehead atoms. The second-order valence-corrected chi connectivity index (χ2v) is 4.45. The highest BCUT2D eigenvalue weighted by Crippen LogP contribution is 2.44. The summed E-state index contributed by atoms with van der Waals surface area (Å²) in [6, 6.07) is 3.77. The SMILES string of the molecule is COc1cc(C(C)(C)CO)cc2c1OCO2. The van der Waals surface area contributed by atoms with E-state index in [2.05, 4.69) is 0 Å². The number of ether oxygens (including phenoxy) is 3. The third-order valence-corrected chi connectivity index (χ3v) is 2.84. The zero-order valence-corrected chi connectivity index (χ0v) is 9.74. The zero-order valence-electron chi connectivity index (χ0n) is 9.74. The molecule has 1 aromatic carbocycles. The minimum atomic E-state index is -0.325. The van der Waals surface area contributed by atoms with E-state index in [-0.39, 0.29) is 18.8 Å². The Morgan fingerprint density at radius 3 is 2.75 bits per heavy atom. The maximum absolute atomic E-state index is 9.35. The first-order valence-electron chi connectivity index (χ1n) is 5.17. The van der Waals surface area contributed by atoms with Crippen LogP contribution in [0.4, 0.5) is 0 Å². The molecule has 0 unspecified atom stereocenters. The highest BCUT2D eigenvalue weighted by molar-refractivity contribution is 5.56. The van der Waals surface area contributed by atoms with Crippen molar-refractivity contribution in [2.45, 2.75) is 19.3 Å². The Bertz CT molecular complexity index is 398. The third kappa shape index (κ3) is 1.69. The molecule has 0 aromatic heterocycles. The first-order valence-corrected chi connectivity index (χ1v) is 5.17. The van der Waals surface area contributed by atoms with Crippen molar-refractivity contribution in [3.05, 3.63) is 17.7 Å². The number of hydrogen-bond acceptors (Lipinski definition) is 4. The quantitative estimate of drug-likeness (QED) is 0.848. The molecule has 1 aliphatic heterocycles. The van der Waals surface area contributed by atoms with E-state index < -0.39 is 0 Å². The number of aliphatic hydroxyl groups is 1. The summed E-state index contributed by atoms with van der Waals surface area (Å²) in [5, 5.41) is 9.35. The average Bonchev–Trinajstić information content (AvgIpc) is 2.75. The number of fused-ring (bicyclic) bond motifs is 1. The first kappa shape index (κ1) is 11.1. The maximum Gasteiger partial charge on any atom is 0.231 e. The smallest absolute Gasteiger partial charge is 0.231 e. The lowest BCUT2D eigenvalue weighted by molar-refractivity contribution is 0.171. The Kier molecular flexibility index (Phi) is 2.68. The zero-order chi connectivity index (χ0) is 11.8. The van der Waals surface area contributed by atoms with E-state index in [9.17, 15) is 5.11 Å². The van der Waals surface area contributed by atoms with Gasteiger partial charge in [0.25, 0.3) is 0 Å². The van der Waals surface area contributed by atoms with Gasteiger partial charge in [0.15, 0.2) is 11.5 Å². The molecule has 0 radical (unpaired) electrons. The first-order chi connectivity index (χ1) is 7.58. The van der Waals surface area contributed by atoms with Crippen LogP contribution in [-0.4, -0.2) is 25.6 Å². The number of hydrogen-bond donors (Lipinski definition) is 1. The Balaban J connectivity index is 2.50. The van der Waals surface area contributed by atoms with Gasteiger partial charge >= 0.3 is 0 Å². The van der Waals surface area contributed by atoms with E-state index in [0.717, 1.165) is 5.56 Å². The molecule has 0 fully saturated rings. The molecule has 88 valence electrons. The largest absolute Gasteiger partial charge is 0.493 e. The predicted molar refractivity (Wildman–Crippen MR) is 59.2 cm³/mol. The molecule has 4 heteroatoms. The molecule has 1 aliphatic rings. The van der Waals surface area contributed by atoms with Crippen LogP contribution in [0, 0.1) is 0 Å². The summed E-state index contributed by atoms with van der Waals surface area (Å²) >= 11 is 0. The van der Waals surface area contributed by atoms with Crippen molar-refractivity contribution in [3.63, 3.8) is 0 Å². The molecule has 0 saturated carbocycles. The van der Waals surface area contributed by atoms with Gasteiger partial charge in [-0.2, -0.15) is 0 Å². The van der Waals surface area contributed by atoms with Crippen LogP contribution < -0.4 is 14.2 Å². The van der Waals surface area contributed by atoms with E-state index in [1.807, 2.05) is 26.0 Å². The molecule has 1 heterocycles. The molecular weight excluding hydrogens is 208 g/mol. The summed E-state index contributed by atoms with van der Waals surface area (Å²) in [7, 11) is 1.59. The molecule has 16 heavy (non-hydrogen) atoms. The van der Waals surface area contributed by atoms with Crippen LogP contribution >= 0.6 is 0 Å². The highest BCUT2D eigenvalue weighted by atomic mass is 16.7. The van der Waals surface area contributed by atoms with Gasteiger partial charge in [0.1, 0.15) is 0 Å². The van der Waals surface area contributed by atoms with Crippen molar-refractivity contribution in [3.8, 4) is 17.2 Å². The number of benzene rings is 1. The van der Waals surface area contributed by atoms with E-state index in [1.165, 1.54) is 0 Å². The Morgan fingerprint density at radius 2 is 2.12 bits per heavy atom. The third-order valence-electron chi connectivity index (χ3n) is 2.84. The summed E-state index contributed by atoms with van der Waals surface area (Å²) in [4.78, 5) is 0. The summed E-state index contributed by atoms with van der Waals surface area (Å²) < 4.78 is 15.9. The van der Waals surface area contributed by atoms with Crippen molar-refractivity contribution in [1.82, 2.24) is 0 Å². The van der Waals surface area contributed by atoms with Gasteiger partial charge in [-0.3, -0.25) is 0 Å². The molecule has 0 amide bonds. The molecular formula is C12H16O4. The Morgan fingerprint density at radius 1 is 1.38 bits per heavy atom. The fraction of sp³-hybridized carbons (Fsp3) is 0.500. The van der Waals surface area contributed by atoms with Gasteiger partial charge in [0.2, 0.25) is 12.5 Å². The van der Waals surface area contributed by atoms with Crippen LogP contribution in [0.1, 0.15) is 19.4 Å². The molecule has 0 aliphatic carbocycles. The van der Waals surface area contributed by atoms with E-state index in [1.54, 1.807) is 7.11 Å². The fourth-order valence-corrected chi connectivity index (χ4v) is 1.61. The summed E-state index contributed by atoms with van der Waals surface area (Å²) in [5.74, 6) is 1.96. The molecule has 0 spiro atoms. The van der Waals surface area contributed by atoms with Gasteiger partial charge in [-0.15, -0.1) is 0 Å². The maximum atomic E-state index is 9.35. The minimum Gasteiger partial charge on any atom is -0.493 e. The lowest BCUT2D eigenvalue weighted by Crippen LogP contribution is -2.21. The lowest BCUT2D eigenvalue weighted by atomic mass is 9.85. The summed E-state index contributed by atoms with van der Waals surface area (Å²) in [5.41, 5.74) is 0.643. The van der Waals surface area contributed by atoms with Crippen molar-refractivity contribution in [1.29, 1.82) is 0 Å². The number of methoxy groups -OCH3 is 1. The molecule has 2 rings (SSSR count). The van der Waals surface area contributed by atoms with Gasteiger partial charge in [0.05, 0.1) is 13.7 Å². The predicted octanol–water partition coefficient (Wildman–Crippen LogP) is 1.69. The molecule has 0 atom stereocenters. The van der Waals surface area contributed by atoms with Gasteiger partial charge in [-0.1, -0.05) is 13.8 Å². The van der Waals surface area contributed by atoms with Crippen LogP contribution in [0.5, 0.6) is 17.2 Å². The monoisotopic (exact) mass is 224 g/mol. The fourth-order valence-electron chi connectivity index (χ4n) is 1.61. The van der Waals surface area contributed by atoms with Crippen LogP contribution in [0.3, 0.4) is 0 Å². The standard InChI is InChI=1S/C12H16O4/c1-12(2,6-13)8-4-9(14-3)11-10(5-8)15-7-16-11/h4-5,13H,6-7H2,1-3H3. The van der Waals surface area contributed by atoms with Gasteiger partial charge in [-0.05, 0) is 17.7 Å². The van der Waals surface area contributed by atoms with Crippen molar-refractivity contribution in [2.75, 3.05) is 20.5 Å².